The van der Waals surface area contributed by atoms with E-state index in [0.29, 0.717) is 50.1 Å². The van der Waals surface area contributed by atoms with Crippen LogP contribution in [-0.4, -0.2) is 66.9 Å². The molecule has 2 aliphatic rings. The summed E-state index contributed by atoms with van der Waals surface area (Å²) in [5.41, 5.74) is -0.0613. The Morgan fingerprint density at radius 2 is 1.77 bits per heavy atom. The number of benzene rings is 1. The molecule has 30 heavy (non-hydrogen) atoms. The van der Waals surface area contributed by atoms with Gasteiger partial charge in [0.15, 0.2) is 0 Å². The van der Waals surface area contributed by atoms with Crippen LogP contribution < -0.4 is 14.5 Å². The van der Waals surface area contributed by atoms with Gasteiger partial charge in [-0.1, -0.05) is 0 Å². The van der Waals surface area contributed by atoms with E-state index in [1.807, 2.05) is 18.7 Å². The van der Waals surface area contributed by atoms with Gasteiger partial charge >= 0.3 is 0 Å². The van der Waals surface area contributed by atoms with Gasteiger partial charge in [0, 0.05) is 45.5 Å². The topological polar surface area (TPSA) is 95.9 Å². The van der Waals surface area contributed by atoms with Gasteiger partial charge in [-0.05, 0) is 38.1 Å². The smallest absolute Gasteiger partial charge is 0.243 e. The summed E-state index contributed by atoms with van der Waals surface area (Å²) in [6.07, 6.45) is 3.34. The highest BCUT2D eigenvalue weighted by molar-refractivity contribution is 7.89. The van der Waals surface area contributed by atoms with Crippen LogP contribution in [-0.2, 0) is 14.8 Å². The number of sulfonamides is 1. The maximum absolute atomic E-state index is 13.3. The molecule has 1 fully saturated rings. The van der Waals surface area contributed by atoms with Crippen molar-refractivity contribution >= 4 is 27.6 Å². The predicted octanol–water partition coefficient (Wildman–Crippen LogP) is 1.51. The summed E-state index contributed by atoms with van der Waals surface area (Å²) in [6, 6.07) is 6.46. The zero-order valence-corrected chi connectivity index (χ0v) is 18.1. The number of carbonyl (C=O) groups is 1. The lowest BCUT2D eigenvalue weighted by molar-refractivity contribution is -0.117. The minimum absolute atomic E-state index is 0.153. The van der Waals surface area contributed by atoms with Crippen molar-refractivity contribution in [2.45, 2.75) is 31.3 Å². The maximum Gasteiger partial charge on any atom is 0.243 e. The lowest BCUT2D eigenvalue weighted by atomic mass is 10.1. The molecule has 0 atom stereocenters. The second-order valence-electron chi connectivity index (χ2n) is 8.04. The molecule has 4 rings (SSSR count). The molecule has 0 spiro atoms. The van der Waals surface area contributed by atoms with Gasteiger partial charge in [-0.2, -0.15) is 4.31 Å². The molecule has 3 heterocycles. The maximum atomic E-state index is 13.3. The Morgan fingerprint density at radius 3 is 2.40 bits per heavy atom. The van der Waals surface area contributed by atoms with E-state index < -0.39 is 15.6 Å². The zero-order valence-electron chi connectivity index (χ0n) is 17.3. The van der Waals surface area contributed by atoms with Crippen LogP contribution in [0.15, 0.2) is 41.6 Å². The van der Waals surface area contributed by atoms with Gasteiger partial charge in [-0.15, -0.1) is 0 Å². The molecule has 2 aliphatic heterocycles. The van der Waals surface area contributed by atoms with Crippen LogP contribution in [0.2, 0.25) is 0 Å². The lowest BCUT2D eigenvalue weighted by Gasteiger charge is -2.39. The van der Waals surface area contributed by atoms with Crippen LogP contribution in [0.1, 0.15) is 20.8 Å². The summed E-state index contributed by atoms with van der Waals surface area (Å²) < 4.78 is 33.9. The van der Waals surface area contributed by atoms with Crippen molar-refractivity contribution in [1.82, 2.24) is 14.3 Å². The Morgan fingerprint density at radius 1 is 1.10 bits per heavy atom. The van der Waals surface area contributed by atoms with Crippen LogP contribution in [0.5, 0.6) is 5.75 Å². The molecule has 0 bridgehead atoms. The molecule has 1 aromatic carbocycles. The van der Waals surface area contributed by atoms with Crippen LogP contribution >= 0.6 is 0 Å². The minimum atomic E-state index is -3.71. The first kappa shape index (κ1) is 20.5. The summed E-state index contributed by atoms with van der Waals surface area (Å²) in [5, 5.41) is 0. The van der Waals surface area contributed by atoms with Crippen molar-refractivity contribution in [2.75, 3.05) is 42.5 Å². The molecule has 1 amide bonds. The number of nitrogens with zero attached hydrogens (tertiary/aromatic N) is 5. The standard InChI is InChI=1S/C20H25N5O4S/c1-15(26)25-14-20(2,3)29-18-6-5-16(13-17(18)25)30(27,28)24-11-9-23(10-12-24)19-21-7-4-8-22-19/h4-8,13H,9-12,14H2,1-3H3. The van der Waals surface area contributed by atoms with Crippen molar-refractivity contribution in [3.05, 3.63) is 36.7 Å². The minimum Gasteiger partial charge on any atom is -0.484 e. The number of amides is 1. The number of carbonyl (C=O) groups excluding carboxylic acids is 1. The third-order valence-corrected chi connectivity index (χ3v) is 7.13. The van der Waals surface area contributed by atoms with E-state index in [1.165, 1.54) is 17.3 Å². The predicted molar refractivity (Wildman–Crippen MR) is 112 cm³/mol. The molecule has 1 saturated heterocycles. The van der Waals surface area contributed by atoms with E-state index in [1.54, 1.807) is 35.5 Å². The first-order valence-corrected chi connectivity index (χ1v) is 11.2. The molecular formula is C20H25N5O4S. The summed E-state index contributed by atoms with van der Waals surface area (Å²) in [6.45, 7) is 7.29. The quantitative estimate of drug-likeness (QED) is 0.727. The highest BCUT2D eigenvalue weighted by atomic mass is 32.2. The van der Waals surface area contributed by atoms with Crippen LogP contribution in [0.25, 0.3) is 0 Å². The molecule has 0 unspecified atom stereocenters. The van der Waals surface area contributed by atoms with Crippen molar-refractivity contribution in [3.63, 3.8) is 0 Å². The SMILES string of the molecule is CC(=O)N1CC(C)(C)Oc2ccc(S(=O)(=O)N3CCN(c4ncccn4)CC3)cc21. The average Bonchev–Trinajstić information content (AvgIpc) is 2.73. The first-order valence-electron chi connectivity index (χ1n) is 9.81. The average molecular weight is 432 g/mol. The molecule has 2 aromatic rings. The fourth-order valence-electron chi connectivity index (χ4n) is 3.76. The van der Waals surface area contributed by atoms with Crippen LogP contribution in [0.4, 0.5) is 11.6 Å². The number of anilines is 2. The fourth-order valence-corrected chi connectivity index (χ4v) is 5.21. The Balaban J connectivity index is 1.57. The number of fused-ring (bicyclic) bond motifs is 1. The van der Waals surface area contributed by atoms with Crippen molar-refractivity contribution in [2.24, 2.45) is 0 Å². The summed E-state index contributed by atoms with van der Waals surface area (Å²) in [5.74, 6) is 0.949. The molecule has 9 nitrogen and oxygen atoms in total. The summed E-state index contributed by atoms with van der Waals surface area (Å²) in [7, 11) is -3.71. The number of aromatic nitrogens is 2. The molecule has 160 valence electrons. The Labute approximate surface area is 176 Å². The third-order valence-electron chi connectivity index (χ3n) is 5.24. The van der Waals surface area contributed by atoms with Crippen molar-refractivity contribution < 1.29 is 17.9 Å². The van der Waals surface area contributed by atoms with E-state index in [-0.39, 0.29) is 10.8 Å². The van der Waals surface area contributed by atoms with Crippen LogP contribution in [0.3, 0.4) is 0 Å². The second kappa shape index (κ2) is 7.51. The number of hydrogen-bond donors (Lipinski definition) is 0. The third kappa shape index (κ3) is 3.84. The van der Waals surface area contributed by atoms with Gasteiger partial charge in [0.05, 0.1) is 17.1 Å². The number of hydrogen-bond acceptors (Lipinski definition) is 7. The van der Waals surface area contributed by atoms with Crippen LogP contribution in [0, 0.1) is 0 Å². The summed E-state index contributed by atoms with van der Waals surface area (Å²) >= 11 is 0. The zero-order chi connectivity index (χ0) is 21.5. The van der Waals surface area contributed by atoms with Crippen molar-refractivity contribution in [1.29, 1.82) is 0 Å². The molecule has 0 N–H and O–H groups in total. The van der Waals surface area contributed by atoms with Gasteiger partial charge in [-0.25, -0.2) is 18.4 Å². The second-order valence-corrected chi connectivity index (χ2v) is 9.97. The van der Waals surface area contributed by atoms with Gasteiger partial charge in [0.2, 0.25) is 21.9 Å². The molecule has 0 radical (unpaired) electrons. The lowest BCUT2D eigenvalue weighted by Crippen LogP contribution is -2.49. The van der Waals surface area contributed by atoms with Gasteiger partial charge in [0.25, 0.3) is 0 Å². The van der Waals surface area contributed by atoms with E-state index in [2.05, 4.69) is 9.97 Å². The molecule has 0 aliphatic carbocycles. The van der Waals surface area contributed by atoms with E-state index in [9.17, 15) is 13.2 Å². The van der Waals surface area contributed by atoms with Crippen molar-refractivity contribution in [3.8, 4) is 5.75 Å². The van der Waals surface area contributed by atoms with E-state index in [0.717, 1.165) is 0 Å². The first-order chi connectivity index (χ1) is 14.2. The van der Waals surface area contributed by atoms with Gasteiger partial charge < -0.3 is 14.5 Å². The normalized spacial score (nSPS) is 19.2. The number of piperazine rings is 1. The highest BCUT2D eigenvalue weighted by Gasteiger charge is 2.36. The number of ether oxygens (including phenoxy) is 1. The fraction of sp³-hybridized carbons (Fsp3) is 0.450. The summed E-state index contributed by atoms with van der Waals surface area (Å²) in [4.78, 5) is 24.3. The van der Waals surface area contributed by atoms with E-state index in [4.69, 9.17) is 4.74 Å². The van der Waals surface area contributed by atoms with E-state index >= 15 is 0 Å². The number of rotatable bonds is 3. The Kier molecular flexibility index (Phi) is 5.15. The molecule has 10 heteroatoms. The Bertz CT molecular complexity index is 1050. The molecule has 0 saturated carbocycles. The molecular weight excluding hydrogens is 406 g/mol. The monoisotopic (exact) mass is 431 g/mol. The largest absolute Gasteiger partial charge is 0.484 e. The Hall–Kier alpha value is -2.72. The van der Waals surface area contributed by atoms with Gasteiger partial charge in [-0.3, -0.25) is 4.79 Å². The highest BCUT2D eigenvalue weighted by Crippen LogP contribution is 2.39. The molecule has 1 aromatic heterocycles. The van der Waals surface area contributed by atoms with Gasteiger partial charge in [0.1, 0.15) is 11.4 Å².